The maximum atomic E-state index is 4.76. The van der Waals surface area contributed by atoms with Crippen LogP contribution in [0.2, 0.25) is 0 Å². The van der Waals surface area contributed by atoms with Gasteiger partial charge in [-0.1, -0.05) is 8.64 Å². The van der Waals surface area contributed by atoms with Gasteiger partial charge in [0.05, 0.1) is 0 Å². The number of rotatable bonds is 4. The van der Waals surface area contributed by atoms with Gasteiger partial charge in [0, 0.05) is 26.2 Å². The van der Waals surface area contributed by atoms with E-state index in [1.807, 2.05) is 37.5 Å². The van der Waals surface area contributed by atoms with Crippen LogP contribution in [0.4, 0.5) is 0 Å². The van der Waals surface area contributed by atoms with Crippen LogP contribution < -0.4 is 0 Å². The van der Waals surface area contributed by atoms with Gasteiger partial charge in [0.25, 0.3) is 0 Å². The zero-order valence-corrected chi connectivity index (χ0v) is 15.7. The summed E-state index contributed by atoms with van der Waals surface area (Å²) in [5.41, 5.74) is 0. The first-order valence-electron chi connectivity index (χ1n) is 5.36. The van der Waals surface area contributed by atoms with Crippen molar-refractivity contribution in [2.45, 2.75) is 27.7 Å². The minimum absolute atomic E-state index is 0. The van der Waals surface area contributed by atoms with E-state index in [9.17, 15) is 0 Å². The minimum Gasteiger partial charge on any atom is -0.411 e. The van der Waals surface area contributed by atoms with Gasteiger partial charge in [0.15, 0.2) is 0 Å². The van der Waals surface area contributed by atoms with Gasteiger partial charge in [0.1, 0.15) is 0 Å². The Labute approximate surface area is 144 Å². The van der Waals surface area contributed by atoms with Crippen LogP contribution in [-0.2, 0) is 25.3 Å². The van der Waals surface area contributed by atoms with E-state index >= 15 is 0 Å². The van der Waals surface area contributed by atoms with E-state index in [1.54, 1.807) is 0 Å². The first-order chi connectivity index (χ1) is 7.44. The Balaban J connectivity index is -0.000000218. The molecule has 0 radical (unpaired) electrons. The largest absolute Gasteiger partial charge is 2.00 e. The number of hydrogen-bond acceptors (Lipinski definition) is 4. The third kappa shape index (κ3) is 13.2. The molecule has 0 amide bonds. The smallest absolute Gasteiger partial charge is 0.411 e. The van der Waals surface area contributed by atoms with Gasteiger partial charge >= 0.3 is 23.1 Å². The first-order valence-corrected chi connectivity index (χ1v) is 6.99. The van der Waals surface area contributed by atoms with Crippen LogP contribution in [0.25, 0.3) is 0 Å². The third-order valence-corrected chi connectivity index (χ3v) is 3.08. The van der Waals surface area contributed by atoms with Crippen molar-refractivity contribution in [1.29, 1.82) is 0 Å². The van der Waals surface area contributed by atoms with Gasteiger partial charge in [-0.25, -0.2) is 0 Å². The van der Waals surface area contributed by atoms with Crippen LogP contribution in [0.15, 0.2) is 0 Å². The Morgan fingerprint density at radius 3 is 0.941 bits per heavy atom. The predicted octanol–water partition coefficient (Wildman–Crippen LogP) is 1.94. The fourth-order valence-electron chi connectivity index (χ4n) is 0.964. The van der Waals surface area contributed by atoms with Gasteiger partial charge in [0.2, 0.25) is 0 Å². The standard InChI is InChI=1S/2C5H11NS2.Mg/c2*1-3-6(4-2)5(7)8;/h2*3-4H2,1-2H3,(H,7,8);/q;;+2/p-2. The normalized spacial score (nSPS) is 8.24. The van der Waals surface area contributed by atoms with Crippen LogP contribution in [0.1, 0.15) is 27.7 Å². The van der Waals surface area contributed by atoms with Crippen molar-refractivity contribution in [2.24, 2.45) is 0 Å². The first kappa shape index (κ1) is 23.1. The molecule has 0 bridgehead atoms. The summed E-state index contributed by atoms with van der Waals surface area (Å²) in [6.45, 7) is 11.9. The zero-order valence-electron chi connectivity index (χ0n) is 11.1. The zero-order chi connectivity index (χ0) is 13.1. The van der Waals surface area contributed by atoms with Crippen molar-refractivity contribution in [3.05, 3.63) is 0 Å². The van der Waals surface area contributed by atoms with Crippen LogP contribution >= 0.6 is 24.4 Å². The van der Waals surface area contributed by atoms with Crippen molar-refractivity contribution >= 4 is 81.4 Å². The molecule has 0 rings (SSSR count). The summed E-state index contributed by atoms with van der Waals surface area (Å²) in [5, 5.41) is 0. The maximum absolute atomic E-state index is 4.76. The Hall–Kier alpha value is 0.986. The Morgan fingerprint density at radius 2 is 0.941 bits per heavy atom. The molecule has 0 atom stereocenters. The van der Waals surface area contributed by atoms with Gasteiger partial charge < -0.3 is 59.5 Å². The molecule has 0 unspecified atom stereocenters. The molecule has 0 aliphatic heterocycles. The van der Waals surface area contributed by atoms with Crippen molar-refractivity contribution in [3.63, 3.8) is 0 Å². The topological polar surface area (TPSA) is 6.48 Å². The summed E-state index contributed by atoms with van der Waals surface area (Å²) < 4.78 is 1.16. The average molecular weight is 321 g/mol. The second kappa shape index (κ2) is 15.0. The van der Waals surface area contributed by atoms with E-state index in [0.29, 0.717) is 8.64 Å². The van der Waals surface area contributed by atoms with Gasteiger partial charge in [-0.2, -0.15) is 0 Å². The van der Waals surface area contributed by atoms with Crippen molar-refractivity contribution in [3.8, 4) is 0 Å². The molecule has 0 spiro atoms. The molecule has 17 heavy (non-hydrogen) atoms. The molecule has 96 valence electrons. The molecule has 0 fully saturated rings. The van der Waals surface area contributed by atoms with Crippen molar-refractivity contribution < 1.29 is 0 Å². The SMILES string of the molecule is CCN(CC)C(=S)[S-].CCN(CC)C(=S)[S-].[Mg+2]. The van der Waals surface area contributed by atoms with Gasteiger partial charge in [-0.15, -0.1) is 0 Å². The van der Waals surface area contributed by atoms with Gasteiger partial charge in [-0.3, -0.25) is 0 Å². The monoisotopic (exact) mass is 320 g/mol. The molecule has 0 heterocycles. The fourth-order valence-corrected chi connectivity index (χ4v) is 2.00. The quantitative estimate of drug-likeness (QED) is 0.440. The molecule has 0 aromatic rings. The van der Waals surface area contributed by atoms with Crippen LogP contribution in [0, 0.1) is 0 Å². The van der Waals surface area contributed by atoms with E-state index < -0.39 is 0 Å². The molecule has 2 nitrogen and oxygen atoms in total. The molecule has 0 aliphatic rings. The van der Waals surface area contributed by atoms with E-state index in [-0.39, 0.29) is 23.1 Å². The molecule has 0 saturated heterocycles. The van der Waals surface area contributed by atoms with Crippen molar-refractivity contribution in [1.82, 2.24) is 9.80 Å². The molecule has 0 N–H and O–H groups in total. The van der Waals surface area contributed by atoms with Crippen LogP contribution in [0.5, 0.6) is 0 Å². The maximum Gasteiger partial charge on any atom is 2.00 e. The summed E-state index contributed by atoms with van der Waals surface area (Å²) >= 11 is 19.0. The Morgan fingerprint density at radius 1 is 0.765 bits per heavy atom. The molecular weight excluding hydrogens is 301 g/mol. The second-order valence-electron chi connectivity index (χ2n) is 2.88. The van der Waals surface area contributed by atoms with E-state index in [0.717, 1.165) is 26.2 Å². The number of thiocarbonyl (C=S) groups is 2. The molecule has 0 aromatic carbocycles. The summed E-state index contributed by atoms with van der Waals surface area (Å²) in [5.74, 6) is 0. The van der Waals surface area contributed by atoms with Crippen LogP contribution in [-0.4, -0.2) is 67.7 Å². The molecule has 7 heteroatoms. The van der Waals surface area contributed by atoms with E-state index in [1.165, 1.54) is 0 Å². The molecule has 0 aromatic heterocycles. The average Bonchev–Trinajstić information content (AvgIpc) is 2.21. The summed E-state index contributed by atoms with van der Waals surface area (Å²) in [6, 6.07) is 0. The van der Waals surface area contributed by atoms with Crippen LogP contribution in [0.3, 0.4) is 0 Å². The minimum atomic E-state index is 0. The summed E-state index contributed by atoms with van der Waals surface area (Å²) in [4.78, 5) is 3.93. The van der Waals surface area contributed by atoms with E-state index in [4.69, 9.17) is 49.7 Å². The summed E-state index contributed by atoms with van der Waals surface area (Å²) in [7, 11) is 0. The fraction of sp³-hybridized carbons (Fsp3) is 0.800. The molecule has 0 aliphatic carbocycles. The Bertz CT molecular complexity index is 184. The Kier molecular flexibility index (Phi) is 20.5. The summed E-state index contributed by atoms with van der Waals surface area (Å²) in [6.07, 6.45) is 0. The van der Waals surface area contributed by atoms with Gasteiger partial charge in [-0.05, 0) is 27.7 Å². The van der Waals surface area contributed by atoms with Crippen molar-refractivity contribution in [2.75, 3.05) is 26.2 Å². The second-order valence-corrected chi connectivity index (χ2v) is 4.94. The van der Waals surface area contributed by atoms with E-state index in [2.05, 4.69) is 0 Å². The third-order valence-electron chi connectivity index (χ3n) is 2.04. The predicted molar refractivity (Wildman–Crippen MR) is 91.5 cm³/mol. The molecular formula is C10H20MgN2S4. The number of nitrogens with zero attached hydrogens (tertiary/aromatic N) is 2. The number of hydrogen-bond donors (Lipinski definition) is 0. The molecule has 0 saturated carbocycles.